The smallest absolute Gasteiger partial charge is 0.192 e. The summed E-state index contributed by atoms with van der Waals surface area (Å²) in [6.07, 6.45) is 3.44. The molecule has 2 aromatic rings. The third kappa shape index (κ3) is 2.47. The molecule has 1 saturated heterocycles. The van der Waals surface area contributed by atoms with E-state index in [2.05, 4.69) is 55.6 Å². The molecule has 3 heteroatoms. The summed E-state index contributed by atoms with van der Waals surface area (Å²) in [5, 5.41) is 2.14. The van der Waals surface area contributed by atoms with Gasteiger partial charge in [0.05, 0.1) is 13.2 Å². The van der Waals surface area contributed by atoms with E-state index < -0.39 is 5.79 Å². The number of hydrogen-bond donors (Lipinski definition) is 0. The molecule has 0 amide bonds. The van der Waals surface area contributed by atoms with E-state index >= 15 is 0 Å². The minimum Gasteiger partial charge on any atom is -0.344 e. The monoisotopic (exact) mass is 326 g/mol. The summed E-state index contributed by atoms with van der Waals surface area (Å²) in [6, 6.07) is 11.0. The number of allylic oxidation sites excluding steroid dienone is 1. The van der Waals surface area contributed by atoms with E-state index in [1.54, 1.807) is 11.3 Å². The Morgan fingerprint density at radius 1 is 1.04 bits per heavy atom. The first kappa shape index (κ1) is 15.1. The summed E-state index contributed by atoms with van der Waals surface area (Å²) in [5.74, 6) is -0.602. The van der Waals surface area contributed by atoms with Crippen LogP contribution in [0.4, 0.5) is 0 Å². The van der Waals surface area contributed by atoms with Crippen LogP contribution < -0.4 is 0 Å². The van der Waals surface area contributed by atoms with Crippen LogP contribution in [-0.2, 0) is 20.7 Å². The lowest BCUT2D eigenvalue weighted by Gasteiger charge is -2.34. The maximum atomic E-state index is 5.85. The topological polar surface area (TPSA) is 18.5 Å². The Bertz CT molecular complexity index is 750. The van der Waals surface area contributed by atoms with Crippen LogP contribution in [0.5, 0.6) is 0 Å². The Morgan fingerprint density at radius 2 is 1.83 bits per heavy atom. The van der Waals surface area contributed by atoms with Gasteiger partial charge in [-0.15, -0.1) is 11.3 Å². The molecule has 0 radical (unpaired) electrons. The molecule has 0 bridgehead atoms. The van der Waals surface area contributed by atoms with E-state index in [1.165, 1.54) is 21.6 Å². The van der Waals surface area contributed by atoms with Crippen LogP contribution in [0.1, 0.15) is 48.8 Å². The summed E-state index contributed by atoms with van der Waals surface area (Å²) in [5.41, 5.74) is 5.34. The van der Waals surface area contributed by atoms with Crippen molar-refractivity contribution in [2.24, 2.45) is 0 Å². The molecule has 4 rings (SSSR count). The van der Waals surface area contributed by atoms with Crippen molar-refractivity contribution in [3.63, 3.8) is 0 Å². The summed E-state index contributed by atoms with van der Waals surface area (Å²) < 4.78 is 11.7. The van der Waals surface area contributed by atoms with Crippen molar-refractivity contribution in [1.29, 1.82) is 0 Å². The van der Waals surface area contributed by atoms with Crippen molar-refractivity contribution in [2.75, 3.05) is 13.2 Å². The van der Waals surface area contributed by atoms with Crippen molar-refractivity contribution in [1.82, 2.24) is 0 Å². The lowest BCUT2D eigenvalue weighted by molar-refractivity contribution is -0.149. The molecule has 1 aliphatic heterocycles. The third-order valence-corrected chi connectivity index (χ3v) is 5.91. The van der Waals surface area contributed by atoms with E-state index in [4.69, 9.17) is 9.47 Å². The highest BCUT2D eigenvalue weighted by Crippen LogP contribution is 2.44. The van der Waals surface area contributed by atoms with Crippen LogP contribution in [-0.4, -0.2) is 13.2 Å². The van der Waals surface area contributed by atoms with Crippen LogP contribution >= 0.6 is 11.3 Å². The van der Waals surface area contributed by atoms with E-state index in [1.807, 2.05) is 6.92 Å². The second-order valence-electron chi connectivity index (χ2n) is 7.09. The first-order valence-corrected chi connectivity index (χ1v) is 9.05. The van der Waals surface area contributed by atoms with Gasteiger partial charge in [0.25, 0.3) is 0 Å². The first-order valence-electron chi connectivity index (χ1n) is 8.17. The van der Waals surface area contributed by atoms with Gasteiger partial charge in [0.15, 0.2) is 5.79 Å². The molecular weight excluding hydrogens is 304 g/mol. The molecule has 1 aliphatic carbocycles. The highest BCUT2D eigenvalue weighted by Gasteiger charge is 2.36. The van der Waals surface area contributed by atoms with Gasteiger partial charge < -0.3 is 9.47 Å². The maximum Gasteiger partial charge on any atom is 0.192 e. The van der Waals surface area contributed by atoms with E-state index in [0.717, 1.165) is 12.0 Å². The van der Waals surface area contributed by atoms with Crippen molar-refractivity contribution in [2.45, 2.75) is 38.4 Å². The predicted molar refractivity (Wildman–Crippen MR) is 94.7 cm³/mol. The highest BCUT2D eigenvalue weighted by molar-refractivity contribution is 7.11. The molecule has 0 N–H and O–H groups in total. The van der Waals surface area contributed by atoms with Crippen molar-refractivity contribution in [3.05, 3.63) is 63.4 Å². The largest absolute Gasteiger partial charge is 0.344 e. The Morgan fingerprint density at radius 3 is 2.52 bits per heavy atom. The second kappa shape index (κ2) is 5.30. The Labute approximate surface area is 141 Å². The van der Waals surface area contributed by atoms with Crippen LogP contribution in [0.25, 0.3) is 5.57 Å². The van der Waals surface area contributed by atoms with Gasteiger partial charge in [-0.2, -0.15) is 0 Å². The Kier molecular flexibility index (Phi) is 3.49. The van der Waals surface area contributed by atoms with Gasteiger partial charge >= 0.3 is 0 Å². The van der Waals surface area contributed by atoms with Gasteiger partial charge in [-0.1, -0.05) is 38.1 Å². The van der Waals surface area contributed by atoms with Crippen LogP contribution in [0.2, 0.25) is 0 Å². The Hall–Kier alpha value is -1.42. The quantitative estimate of drug-likeness (QED) is 0.766. The lowest BCUT2D eigenvalue weighted by Crippen LogP contribution is -2.26. The van der Waals surface area contributed by atoms with E-state index in [-0.39, 0.29) is 5.41 Å². The van der Waals surface area contributed by atoms with Crippen LogP contribution in [0.3, 0.4) is 0 Å². The fourth-order valence-electron chi connectivity index (χ4n) is 3.54. The minimum atomic E-state index is -0.602. The molecule has 2 heterocycles. The molecule has 0 atom stereocenters. The molecule has 0 spiro atoms. The second-order valence-corrected chi connectivity index (χ2v) is 8.03. The third-order valence-electron chi connectivity index (χ3n) is 5.00. The van der Waals surface area contributed by atoms with E-state index in [9.17, 15) is 0 Å². The molecule has 2 aliphatic rings. The average molecular weight is 326 g/mol. The molecule has 0 unspecified atom stereocenters. The summed E-state index contributed by atoms with van der Waals surface area (Å²) >= 11 is 1.80. The predicted octanol–water partition coefficient (Wildman–Crippen LogP) is 5.08. The molecule has 1 aromatic carbocycles. The standard InChI is InChI=1S/C20H22O2S/c1-19(2)9-8-16(18-5-4-12-23-18)15-7-6-14(13-17(15)19)20(3)21-10-11-22-20/h4-8,12-13H,9-11H2,1-3H3. The van der Waals surface area contributed by atoms with Gasteiger partial charge in [0.2, 0.25) is 0 Å². The molecular formula is C20H22O2S. The Balaban J connectivity index is 1.84. The molecule has 0 saturated carbocycles. The van der Waals surface area contributed by atoms with E-state index in [0.29, 0.717) is 13.2 Å². The minimum absolute atomic E-state index is 0.126. The van der Waals surface area contributed by atoms with Gasteiger partial charge in [0, 0.05) is 10.4 Å². The SMILES string of the molecule is CC1(C)CC=C(c2cccs2)c2ccc(C3(C)OCCO3)cc21. The number of fused-ring (bicyclic) bond motifs is 1. The van der Waals surface area contributed by atoms with Gasteiger partial charge in [-0.25, -0.2) is 0 Å². The van der Waals surface area contributed by atoms with Crippen LogP contribution in [0.15, 0.2) is 41.8 Å². The molecule has 1 aromatic heterocycles. The van der Waals surface area contributed by atoms with Crippen molar-refractivity contribution < 1.29 is 9.47 Å². The van der Waals surface area contributed by atoms with Crippen LogP contribution in [0, 0.1) is 0 Å². The zero-order valence-electron chi connectivity index (χ0n) is 13.9. The molecule has 2 nitrogen and oxygen atoms in total. The number of benzene rings is 1. The zero-order chi connectivity index (χ0) is 16.1. The highest BCUT2D eigenvalue weighted by atomic mass is 32.1. The molecule has 23 heavy (non-hydrogen) atoms. The number of rotatable bonds is 2. The van der Waals surface area contributed by atoms with Crippen molar-refractivity contribution >= 4 is 16.9 Å². The zero-order valence-corrected chi connectivity index (χ0v) is 14.7. The summed E-state index contributed by atoms with van der Waals surface area (Å²) in [6.45, 7) is 7.98. The first-order chi connectivity index (χ1) is 11.0. The van der Waals surface area contributed by atoms with Crippen molar-refractivity contribution in [3.8, 4) is 0 Å². The average Bonchev–Trinajstić information content (AvgIpc) is 3.19. The van der Waals surface area contributed by atoms with Gasteiger partial charge in [-0.3, -0.25) is 0 Å². The molecule has 120 valence electrons. The number of thiophene rings is 1. The maximum absolute atomic E-state index is 5.85. The fraction of sp³-hybridized carbons (Fsp3) is 0.400. The normalized spacial score (nSPS) is 21.8. The summed E-state index contributed by atoms with van der Waals surface area (Å²) in [4.78, 5) is 1.34. The molecule has 1 fully saturated rings. The van der Waals surface area contributed by atoms with Gasteiger partial charge in [0.1, 0.15) is 0 Å². The lowest BCUT2D eigenvalue weighted by atomic mass is 9.72. The number of ether oxygens (including phenoxy) is 2. The number of hydrogen-bond acceptors (Lipinski definition) is 3. The summed E-state index contributed by atoms with van der Waals surface area (Å²) in [7, 11) is 0. The fourth-order valence-corrected chi connectivity index (χ4v) is 4.33. The van der Waals surface area contributed by atoms with Gasteiger partial charge in [-0.05, 0) is 53.0 Å².